The Morgan fingerprint density at radius 1 is 1.11 bits per heavy atom. The minimum absolute atomic E-state index is 0.0799. The van der Waals surface area contributed by atoms with E-state index in [4.69, 9.17) is 21.1 Å². The van der Waals surface area contributed by atoms with E-state index < -0.39 is 5.97 Å². The smallest absolute Gasteiger partial charge is 0.338 e. The third kappa shape index (κ3) is 5.80. The van der Waals surface area contributed by atoms with Gasteiger partial charge in [0, 0.05) is 7.05 Å². The second-order valence-electron chi connectivity index (χ2n) is 7.91. The highest BCUT2D eigenvalue weighted by molar-refractivity contribution is 7.99. The van der Waals surface area contributed by atoms with Gasteiger partial charge >= 0.3 is 5.97 Å². The molecule has 1 N–H and O–H groups in total. The van der Waals surface area contributed by atoms with E-state index in [0.717, 1.165) is 22.1 Å². The number of aromatic nitrogens is 3. The summed E-state index contributed by atoms with van der Waals surface area (Å²) in [7, 11) is 1.83. The van der Waals surface area contributed by atoms with Gasteiger partial charge in [-0.05, 0) is 54.4 Å². The van der Waals surface area contributed by atoms with Crippen molar-refractivity contribution in [3.63, 3.8) is 0 Å². The van der Waals surface area contributed by atoms with Crippen LogP contribution in [0.2, 0.25) is 5.02 Å². The van der Waals surface area contributed by atoms with Crippen LogP contribution in [0.25, 0.3) is 10.8 Å². The third-order valence-electron chi connectivity index (χ3n) is 5.51. The number of nitrogens with one attached hydrogen (secondary N) is 1. The number of carbonyl (C=O) groups is 2. The zero-order valence-corrected chi connectivity index (χ0v) is 21.7. The zero-order valence-electron chi connectivity index (χ0n) is 20.1. The molecule has 1 heterocycles. The van der Waals surface area contributed by atoms with Crippen molar-refractivity contribution in [1.29, 1.82) is 0 Å². The first-order valence-corrected chi connectivity index (χ1v) is 12.6. The van der Waals surface area contributed by atoms with E-state index in [1.165, 1.54) is 17.8 Å². The molecule has 4 rings (SSSR count). The molecule has 0 aliphatic heterocycles. The fourth-order valence-corrected chi connectivity index (χ4v) is 4.48. The van der Waals surface area contributed by atoms with Gasteiger partial charge in [-0.3, -0.25) is 4.79 Å². The number of rotatable bonds is 9. The van der Waals surface area contributed by atoms with E-state index in [9.17, 15) is 9.59 Å². The second-order valence-corrected chi connectivity index (χ2v) is 9.26. The van der Waals surface area contributed by atoms with Crippen LogP contribution in [0.4, 0.5) is 5.69 Å². The Morgan fingerprint density at radius 2 is 1.92 bits per heavy atom. The number of ether oxygens (including phenoxy) is 2. The second kappa shape index (κ2) is 11.5. The number of amides is 1. The summed E-state index contributed by atoms with van der Waals surface area (Å²) in [6, 6.07) is 16.7. The number of anilines is 1. The van der Waals surface area contributed by atoms with Crippen molar-refractivity contribution in [2.45, 2.75) is 25.6 Å². The van der Waals surface area contributed by atoms with Gasteiger partial charge in [0.15, 0.2) is 11.0 Å². The van der Waals surface area contributed by atoms with E-state index in [0.29, 0.717) is 27.3 Å². The van der Waals surface area contributed by atoms with Gasteiger partial charge in [-0.1, -0.05) is 53.7 Å². The molecule has 186 valence electrons. The topological polar surface area (TPSA) is 95.3 Å². The summed E-state index contributed by atoms with van der Waals surface area (Å²) in [5, 5.41) is 14.3. The Hall–Kier alpha value is -3.56. The van der Waals surface area contributed by atoms with Crippen LogP contribution in [-0.2, 0) is 23.2 Å². The molecule has 0 bridgehead atoms. The molecular formula is C26H25ClN4O4S. The van der Waals surface area contributed by atoms with Crippen molar-refractivity contribution < 1.29 is 19.1 Å². The maximum atomic E-state index is 12.5. The fourth-order valence-electron chi connectivity index (χ4n) is 3.58. The van der Waals surface area contributed by atoms with Crippen molar-refractivity contribution in [3.05, 3.63) is 76.6 Å². The van der Waals surface area contributed by atoms with Crippen LogP contribution < -0.4 is 10.1 Å². The van der Waals surface area contributed by atoms with Gasteiger partial charge < -0.3 is 19.4 Å². The number of nitrogens with zero attached hydrogens (tertiary/aromatic N) is 3. The standard InChI is InChI=1S/C26H25ClN4O4S/c1-4-34-25(33)18-9-11-20(27)21(13-18)28-24(32)15-36-26-30-29-23(31(26)3)14-35-22-12-10-17-7-5-6-8-19(17)16(22)2/h5-13H,4,14-15H2,1-3H3,(H,28,32). The lowest BCUT2D eigenvalue weighted by Gasteiger charge is -2.11. The van der Waals surface area contributed by atoms with Crippen molar-refractivity contribution in [2.24, 2.45) is 7.05 Å². The van der Waals surface area contributed by atoms with Gasteiger partial charge in [-0.25, -0.2) is 4.79 Å². The lowest BCUT2D eigenvalue weighted by atomic mass is 10.0. The van der Waals surface area contributed by atoms with E-state index in [1.807, 2.05) is 38.2 Å². The average Bonchev–Trinajstić information content (AvgIpc) is 3.23. The molecule has 0 atom stereocenters. The van der Waals surface area contributed by atoms with Gasteiger partial charge in [-0.2, -0.15) is 0 Å². The number of esters is 1. The Bertz CT molecular complexity index is 1420. The molecule has 8 nitrogen and oxygen atoms in total. The number of benzene rings is 3. The Kier molecular flexibility index (Phi) is 8.12. The Labute approximate surface area is 218 Å². The number of carbonyl (C=O) groups excluding carboxylic acids is 2. The predicted octanol–water partition coefficient (Wildman–Crippen LogP) is 5.42. The molecule has 0 unspecified atom stereocenters. The highest BCUT2D eigenvalue weighted by atomic mass is 35.5. The van der Waals surface area contributed by atoms with E-state index in [1.54, 1.807) is 23.6 Å². The van der Waals surface area contributed by atoms with Gasteiger partial charge in [0.25, 0.3) is 0 Å². The summed E-state index contributed by atoms with van der Waals surface area (Å²) < 4.78 is 12.8. The van der Waals surface area contributed by atoms with Gasteiger partial charge in [0.05, 0.1) is 28.6 Å². The summed E-state index contributed by atoms with van der Waals surface area (Å²) in [5.74, 6) is 0.724. The molecule has 0 saturated carbocycles. The van der Waals surface area contributed by atoms with Crippen molar-refractivity contribution in [1.82, 2.24) is 14.8 Å². The molecule has 1 aromatic heterocycles. The fraction of sp³-hybridized carbons (Fsp3) is 0.231. The number of hydrogen-bond acceptors (Lipinski definition) is 7. The number of aryl methyl sites for hydroxylation is 1. The highest BCUT2D eigenvalue weighted by Gasteiger charge is 2.15. The first-order valence-electron chi connectivity index (χ1n) is 11.3. The molecule has 4 aromatic rings. The summed E-state index contributed by atoms with van der Waals surface area (Å²) >= 11 is 7.42. The molecule has 36 heavy (non-hydrogen) atoms. The van der Waals surface area contributed by atoms with Gasteiger partial charge in [0.2, 0.25) is 5.91 Å². The molecule has 0 aliphatic carbocycles. The maximum Gasteiger partial charge on any atom is 0.338 e. The van der Waals surface area contributed by atoms with Crippen LogP contribution in [0.1, 0.15) is 28.7 Å². The number of fused-ring (bicyclic) bond motifs is 1. The van der Waals surface area contributed by atoms with E-state index >= 15 is 0 Å². The van der Waals surface area contributed by atoms with Crippen molar-refractivity contribution in [3.8, 4) is 5.75 Å². The molecule has 0 radical (unpaired) electrons. The van der Waals surface area contributed by atoms with Crippen LogP contribution in [0.5, 0.6) is 5.75 Å². The first kappa shape index (κ1) is 25.5. The maximum absolute atomic E-state index is 12.5. The number of thioether (sulfide) groups is 1. The average molecular weight is 525 g/mol. The van der Waals surface area contributed by atoms with Crippen LogP contribution in [-0.4, -0.2) is 39.0 Å². The summed E-state index contributed by atoms with van der Waals surface area (Å²) in [4.78, 5) is 24.5. The number of hydrogen-bond donors (Lipinski definition) is 1. The molecule has 0 fully saturated rings. The van der Waals surface area contributed by atoms with Crippen LogP contribution >= 0.6 is 23.4 Å². The van der Waals surface area contributed by atoms with E-state index in [2.05, 4.69) is 27.6 Å². The molecule has 10 heteroatoms. The van der Waals surface area contributed by atoms with E-state index in [-0.39, 0.29) is 24.9 Å². The third-order valence-corrected chi connectivity index (χ3v) is 6.86. The van der Waals surface area contributed by atoms with Crippen molar-refractivity contribution in [2.75, 3.05) is 17.7 Å². The predicted molar refractivity (Wildman–Crippen MR) is 141 cm³/mol. The van der Waals surface area contributed by atoms with Crippen LogP contribution in [0.15, 0.2) is 59.8 Å². The molecule has 1 amide bonds. The number of halogens is 1. The largest absolute Gasteiger partial charge is 0.485 e. The minimum atomic E-state index is -0.480. The molecule has 0 aliphatic rings. The van der Waals surface area contributed by atoms with Crippen molar-refractivity contribution >= 4 is 51.7 Å². The molecule has 3 aromatic carbocycles. The Balaban J connectivity index is 1.35. The summed E-state index contributed by atoms with van der Waals surface area (Å²) in [5.41, 5.74) is 1.71. The molecule has 0 spiro atoms. The normalized spacial score (nSPS) is 10.9. The zero-order chi connectivity index (χ0) is 25.7. The monoisotopic (exact) mass is 524 g/mol. The van der Waals surface area contributed by atoms with Crippen LogP contribution in [0, 0.1) is 6.92 Å². The lowest BCUT2D eigenvalue weighted by Crippen LogP contribution is -2.15. The summed E-state index contributed by atoms with van der Waals surface area (Å²) in [6.07, 6.45) is 0. The molecule has 0 saturated heterocycles. The Morgan fingerprint density at radius 3 is 2.72 bits per heavy atom. The molecular weight excluding hydrogens is 500 g/mol. The minimum Gasteiger partial charge on any atom is -0.485 e. The van der Waals surface area contributed by atoms with Gasteiger partial charge in [0.1, 0.15) is 12.4 Å². The first-order chi connectivity index (χ1) is 17.4. The lowest BCUT2D eigenvalue weighted by molar-refractivity contribution is -0.113. The SMILES string of the molecule is CCOC(=O)c1ccc(Cl)c(NC(=O)CSc2nnc(COc3ccc4ccccc4c3C)n2C)c1. The van der Waals surface area contributed by atoms with Crippen LogP contribution in [0.3, 0.4) is 0 Å². The quantitative estimate of drug-likeness (QED) is 0.231. The summed E-state index contributed by atoms with van der Waals surface area (Å²) in [6.45, 7) is 4.25. The van der Waals surface area contributed by atoms with Gasteiger partial charge in [-0.15, -0.1) is 10.2 Å². The highest BCUT2D eigenvalue weighted by Crippen LogP contribution is 2.28.